The number of ether oxygens (including phenoxy) is 1. The first-order chi connectivity index (χ1) is 22.6. The lowest BCUT2D eigenvalue weighted by molar-refractivity contribution is -0.138. The van der Waals surface area contributed by atoms with Crippen LogP contribution in [0.15, 0.2) is 41.3 Å². The fourth-order valence-corrected chi connectivity index (χ4v) is 5.79. The topological polar surface area (TPSA) is 178 Å². The van der Waals surface area contributed by atoms with Crippen LogP contribution in [0.25, 0.3) is 5.69 Å². The lowest BCUT2D eigenvalue weighted by atomic mass is 10.0. The Labute approximate surface area is 280 Å². The van der Waals surface area contributed by atoms with Crippen molar-refractivity contribution in [3.8, 4) is 5.69 Å². The van der Waals surface area contributed by atoms with E-state index in [1.165, 1.54) is 28.2 Å². The molecule has 0 spiro atoms. The van der Waals surface area contributed by atoms with Crippen LogP contribution in [0, 0.1) is 0 Å². The summed E-state index contributed by atoms with van der Waals surface area (Å²) in [4.78, 5) is 71.1. The molecule has 0 bridgehead atoms. The second kappa shape index (κ2) is 15.5. The highest BCUT2D eigenvalue weighted by atomic mass is 16.6. The van der Waals surface area contributed by atoms with Crippen molar-refractivity contribution in [2.24, 2.45) is 0 Å². The van der Waals surface area contributed by atoms with E-state index in [1.54, 1.807) is 12.3 Å². The molecule has 5 amide bonds. The van der Waals surface area contributed by atoms with Gasteiger partial charge < -0.3 is 35.2 Å². The van der Waals surface area contributed by atoms with Crippen molar-refractivity contribution in [3.05, 3.63) is 52.6 Å². The summed E-state index contributed by atoms with van der Waals surface area (Å²) in [6.07, 6.45) is 3.54. The molecule has 262 valence electrons. The van der Waals surface area contributed by atoms with Crippen molar-refractivity contribution < 1.29 is 29.0 Å². The lowest BCUT2D eigenvalue weighted by Crippen LogP contribution is -2.60. The number of benzene rings is 1. The highest BCUT2D eigenvalue weighted by molar-refractivity contribution is 5.90. The molecular weight excluding hydrogens is 620 g/mol. The van der Waals surface area contributed by atoms with Gasteiger partial charge in [-0.05, 0) is 90.6 Å². The van der Waals surface area contributed by atoms with Crippen LogP contribution in [-0.2, 0) is 16.0 Å². The number of nitrogens with one attached hydrogen (secondary N) is 3. The molecule has 2 aliphatic heterocycles. The van der Waals surface area contributed by atoms with Gasteiger partial charge in [0.2, 0.25) is 5.91 Å². The maximum atomic E-state index is 12.9. The lowest BCUT2D eigenvalue weighted by Gasteiger charge is -2.38. The van der Waals surface area contributed by atoms with Gasteiger partial charge in [-0.2, -0.15) is 4.98 Å². The molecule has 2 aliphatic rings. The first-order valence-electron chi connectivity index (χ1n) is 16.4. The normalized spacial score (nSPS) is 17.6. The number of carbonyl (C=O) groups is 4. The SMILES string of the molecule is CC(C)(C)OC(=O)NC1CCCN(CCc2ccc(-n3ccc(NC(=O)N4CCN(C(=O)C(C)(C)NC(=O)O)CC4)nc3=O)cc2)CC1. The standard InChI is InChI=1S/C33H48N8O7/c1-32(2,3)48-31(47)34-24-7-6-15-38(17-13-24)16-12-23-8-10-25(11-9-23)41-18-14-26(36-29(41)44)35-28(43)40-21-19-39(20-22-40)27(42)33(4,5)37-30(45)46/h8-11,14,18,24,37H,6-7,12-13,15-17,19-22H2,1-5H3,(H,34,47)(H,45,46)(H,35,36,43,44). The van der Waals surface area contributed by atoms with E-state index in [0.29, 0.717) is 5.69 Å². The Morgan fingerprint density at radius 1 is 0.917 bits per heavy atom. The van der Waals surface area contributed by atoms with Gasteiger partial charge in [-0.1, -0.05) is 12.1 Å². The number of alkyl carbamates (subject to hydrolysis) is 1. The van der Waals surface area contributed by atoms with Crippen LogP contribution >= 0.6 is 0 Å². The van der Waals surface area contributed by atoms with Gasteiger partial charge in [-0.25, -0.2) is 19.2 Å². The molecule has 48 heavy (non-hydrogen) atoms. The molecule has 4 rings (SSSR count). The number of urea groups is 1. The number of carbonyl (C=O) groups excluding carboxylic acids is 3. The van der Waals surface area contributed by atoms with Crippen LogP contribution in [0.1, 0.15) is 59.4 Å². The molecule has 2 fully saturated rings. The predicted octanol–water partition coefficient (Wildman–Crippen LogP) is 2.88. The number of hydrogen-bond donors (Lipinski definition) is 4. The highest BCUT2D eigenvalue weighted by Gasteiger charge is 2.35. The molecule has 1 unspecified atom stereocenters. The third kappa shape index (κ3) is 10.4. The molecule has 4 N–H and O–H groups in total. The highest BCUT2D eigenvalue weighted by Crippen LogP contribution is 2.16. The van der Waals surface area contributed by atoms with Gasteiger partial charge in [0.15, 0.2) is 0 Å². The molecule has 2 saturated heterocycles. The van der Waals surface area contributed by atoms with Crippen LogP contribution in [0.3, 0.4) is 0 Å². The molecule has 1 atom stereocenters. The molecule has 15 nitrogen and oxygen atoms in total. The van der Waals surface area contributed by atoms with Gasteiger partial charge in [0.25, 0.3) is 0 Å². The van der Waals surface area contributed by atoms with Crippen molar-refractivity contribution in [1.29, 1.82) is 0 Å². The molecule has 15 heteroatoms. The van der Waals surface area contributed by atoms with Crippen molar-refractivity contribution in [2.45, 2.75) is 77.5 Å². The van der Waals surface area contributed by atoms with Crippen LogP contribution in [0.4, 0.5) is 20.2 Å². The van der Waals surface area contributed by atoms with E-state index in [9.17, 15) is 24.0 Å². The molecular formula is C33H48N8O7. The van der Waals surface area contributed by atoms with Gasteiger partial charge >= 0.3 is 23.9 Å². The van der Waals surface area contributed by atoms with Crippen LogP contribution in [-0.4, -0.2) is 116 Å². The zero-order valence-corrected chi connectivity index (χ0v) is 28.5. The maximum Gasteiger partial charge on any atom is 0.407 e. The summed E-state index contributed by atoms with van der Waals surface area (Å²) < 4.78 is 6.81. The summed E-state index contributed by atoms with van der Waals surface area (Å²) in [5, 5.41) is 16.9. The fourth-order valence-electron chi connectivity index (χ4n) is 5.79. The Morgan fingerprint density at radius 3 is 2.21 bits per heavy atom. The fraction of sp³-hybridized carbons (Fsp3) is 0.576. The average molecular weight is 669 g/mol. The van der Waals surface area contributed by atoms with Gasteiger partial charge in [0.1, 0.15) is 17.0 Å². The first kappa shape index (κ1) is 36.2. The number of rotatable bonds is 8. The number of carboxylic acid groups (broad SMARTS) is 1. The molecule has 1 aromatic carbocycles. The second-order valence-corrected chi connectivity index (χ2v) is 13.8. The Kier molecular flexibility index (Phi) is 11.7. The molecule has 2 aromatic rings. The van der Waals surface area contributed by atoms with Gasteiger partial charge in [0.05, 0.1) is 5.69 Å². The first-order valence-corrected chi connectivity index (χ1v) is 16.4. The van der Waals surface area contributed by atoms with Crippen molar-refractivity contribution in [2.75, 3.05) is 51.1 Å². The summed E-state index contributed by atoms with van der Waals surface area (Å²) in [5.41, 5.74) is -0.550. The molecule has 1 aromatic heterocycles. The van der Waals surface area contributed by atoms with Gasteiger partial charge in [0, 0.05) is 51.5 Å². The van der Waals surface area contributed by atoms with Crippen LogP contribution < -0.4 is 21.6 Å². The summed E-state index contributed by atoms with van der Waals surface area (Å²) >= 11 is 0. The van der Waals surface area contributed by atoms with Crippen LogP contribution in [0.5, 0.6) is 0 Å². The van der Waals surface area contributed by atoms with Gasteiger partial charge in [-0.15, -0.1) is 0 Å². The number of nitrogens with zero attached hydrogens (tertiary/aromatic N) is 5. The zero-order valence-electron chi connectivity index (χ0n) is 28.5. The van der Waals surface area contributed by atoms with E-state index in [-0.39, 0.29) is 50.0 Å². The largest absolute Gasteiger partial charge is 0.465 e. The molecule has 3 heterocycles. The Hall–Kier alpha value is -4.66. The van der Waals surface area contributed by atoms with Crippen molar-refractivity contribution in [3.63, 3.8) is 0 Å². The molecule has 0 saturated carbocycles. The quantitative estimate of drug-likeness (QED) is 0.329. The van der Waals surface area contributed by atoms with Gasteiger partial charge in [-0.3, -0.25) is 14.7 Å². The minimum atomic E-state index is -1.29. The zero-order chi connectivity index (χ0) is 35.1. The number of anilines is 1. The maximum absolute atomic E-state index is 12.9. The van der Waals surface area contributed by atoms with Crippen molar-refractivity contribution >= 4 is 29.9 Å². The number of hydrogen-bond acceptors (Lipinski definition) is 8. The molecule has 0 radical (unpaired) electrons. The summed E-state index contributed by atoms with van der Waals surface area (Å²) in [6, 6.07) is 8.93. The van der Waals surface area contributed by atoms with E-state index in [4.69, 9.17) is 9.84 Å². The van der Waals surface area contributed by atoms with E-state index in [1.807, 2.05) is 45.0 Å². The summed E-state index contributed by atoms with van der Waals surface area (Å²) in [7, 11) is 0. The molecule has 0 aliphatic carbocycles. The monoisotopic (exact) mass is 668 g/mol. The third-order valence-corrected chi connectivity index (χ3v) is 8.32. The minimum absolute atomic E-state index is 0.104. The Bertz CT molecular complexity index is 1510. The van der Waals surface area contributed by atoms with E-state index >= 15 is 0 Å². The number of amides is 5. The number of aromatic nitrogens is 2. The minimum Gasteiger partial charge on any atom is -0.465 e. The second-order valence-electron chi connectivity index (χ2n) is 13.8. The number of likely N-dealkylation sites (tertiary alicyclic amines) is 1. The van der Waals surface area contributed by atoms with E-state index < -0.39 is 29.0 Å². The Morgan fingerprint density at radius 2 is 1.58 bits per heavy atom. The predicted molar refractivity (Wildman–Crippen MR) is 179 cm³/mol. The number of piperazine rings is 1. The van der Waals surface area contributed by atoms with E-state index in [2.05, 4.69) is 25.8 Å². The third-order valence-electron chi connectivity index (χ3n) is 8.32. The van der Waals surface area contributed by atoms with Crippen LogP contribution in [0.2, 0.25) is 0 Å². The summed E-state index contributed by atoms with van der Waals surface area (Å²) in [6.45, 7) is 12.3. The smallest absolute Gasteiger partial charge is 0.407 e. The Balaban J connectivity index is 1.23. The average Bonchev–Trinajstić information content (AvgIpc) is 3.23. The summed E-state index contributed by atoms with van der Waals surface area (Å²) in [5.74, 6) is -0.255. The van der Waals surface area contributed by atoms with Crippen molar-refractivity contribution in [1.82, 2.24) is 34.9 Å². The van der Waals surface area contributed by atoms with E-state index in [0.717, 1.165) is 50.9 Å².